The number of amides is 2. The first kappa shape index (κ1) is 24.6. The number of hydrogen-bond acceptors (Lipinski definition) is 6. The summed E-state index contributed by atoms with van der Waals surface area (Å²) in [6, 6.07) is 4.55. The molecule has 1 aromatic heterocycles. The molecular weight excluding hydrogens is 570 g/mol. The molecule has 2 aliphatic rings. The Morgan fingerprint density at radius 1 is 0.971 bits per heavy atom. The van der Waals surface area contributed by atoms with Gasteiger partial charge in [0.1, 0.15) is 5.69 Å². The molecule has 0 saturated carbocycles. The summed E-state index contributed by atoms with van der Waals surface area (Å²) in [7, 11) is 0. The van der Waals surface area contributed by atoms with E-state index in [1.807, 2.05) is 0 Å². The molecule has 0 radical (unpaired) electrons. The van der Waals surface area contributed by atoms with E-state index in [4.69, 9.17) is 0 Å². The van der Waals surface area contributed by atoms with Gasteiger partial charge in [-0.3, -0.25) is 24.7 Å². The largest absolute Gasteiger partial charge is 0.374 e. The van der Waals surface area contributed by atoms with Crippen LogP contribution in [0.5, 0.6) is 0 Å². The Labute approximate surface area is 214 Å². The highest BCUT2D eigenvalue weighted by molar-refractivity contribution is 9.10. The Morgan fingerprint density at radius 3 is 2.41 bits per heavy atom. The predicted octanol–water partition coefficient (Wildman–Crippen LogP) is 4.86. The molecule has 2 fully saturated rings. The fourth-order valence-corrected chi connectivity index (χ4v) is 5.33. The van der Waals surface area contributed by atoms with Crippen LogP contribution in [0, 0.1) is 10.1 Å². The zero-order valence-corrected chi connectivity index (χ0v) is 21.7. The molecule has 2 amide bonds. The summed E-state index contributed by atoms with van der Waals surface area (Å²) in [5, 5.41) is 15.2. The van der Waals surface area contributed by atoms with Crippen LogP contribution in [-0.2, 0) is 0 Å². The average Bonchev–Trinajstić information content (AvgIpc) is 2.84. The zero-order valence-electron chi connectivity index (χ0n) is 18.5. The Kier molecular flexibility index (Phi) is 7.82. The number of rotatable bonds is 5. The highest BCUT2D eigenvalue weighted by Crippen LogP contribution is 2.35. The van der Waals surface area contributed by atoms with Gasteiger partial charge in [0.25, 0.3) is 17.5 Å². The predicted molar refractivity (Wildman–Crippen MR) is 135 cm³/mol. The van der Waals surface area contributed by atoms with E-state index in [1.54, 1.807) is 28.1 Å². The Hall–Kier alpha value is -2.53. The smallest absolute Gasteiger partial charge is 0.294 e. The first-order chi connectivity index (χ1) is 16.3. The molecule has 2 aliphatic heterocycles. The van der Waals surface area contributed by atoms with Crippen LogP contribution in [0.15, 0.2) is 39.5 Å². The number of nitrogens with zero attached hydrogens (tertiary/aromatic N) is 4. The van der Waals surface area contributed by atoms with Crippen molar-refractivity contribution in [3.63, 3.8) is 0 Å². The standard InChI is InChI=1S/C23H25Br2N5O4/c24-16-10-19(23(32)28-6-2-1-3-7-28)21(20(11-16)30(33)34)27-18-5-4-8-29(14-18)22(31)15-9-17(25)13-26-12-15/h9-13,18,27H,1-8,14H2/t18-/m1/s1. The molecule has 1 N–H and O–H groups in total. The van der Waals surface area contributed by atoms with Gasteiger partial charge in [-0.25, -0.2) is 0 Å². The molecule has 2 saturated heterocycles. The normalized spacial score (nSPS) is 18.5. The van der Waals surface area contributed by atoms with E-state index in [9.17, 15) is 19.7 Å². The van der Waals surface area contributed by atoms with Gasteiger partial charge in [0, 0.05) is 59.6 Å². The van der Waals surface area contributed by atoms with Crippen molar-refractivity contribution in [2.24, 2.45) is 0 Å². The number of anilines is 1. The monoisotopic (exact) mass is 593 g/mol. The van der Waals surface area contributed by atoms with Crippen LogP contribution < -0.4 is 5.32 Å². The molecule has 0 aliphatic carbocycles. The van der Waals surface area contributed by atoms with Crippen LogP contribution in [-0.4, -0.2) is 63.7 Å². The quantitative estimate of drug-likeness (QED) is 0.391. The summed E-state index contributed by atoms with van der Waals surface area (Å²) in [5.41, 5.74) is 0.815. The first-order valence-corrected chi connectivity index (χ1v) is 12.9. The molecule has 180 valence electrons. The molecule has 11 heteroatoms. The third kappa shape index (κ3) is 5.57. The number of carbonyl (C=O) groups excluding carboxylic acids is 2. The third-order valence-corrected chi connectivity index (χ3v) is 7.05. The number of hydrogen-bond donors (Lipinski definition) is 1. The molecule has 4 rings (SSSR count). The molecule has 2 aromatic rings. The summed E-state index contributed by atoms with van der Waals surface area (Å²) in [6.45, 7) is 2.25. The zero-order chi connectivity index (χ0) is 24.2. The molecule has 34 heavy (non-hydrogen) atoms. The molecule has 0 spiro atoms. The lowest BCUT2D eigenvalue weighted by Gasteiger charge is -2.34. The van der Waals surface area contributed by atoms with Gasteiger partial charge in [-0.15, -0.1) is 0 Å². The van der Waals surface area contributed by atoms with Crippen LogP contribution in [0.25, 0.3) is 0 Å². The van der Waals surface area contributed by atoms with Crippen molar-refractivity contribution >= 4 is 55.0 Å². The molecular formula is C23H25Br2N5O4. The lowest BCUT2D eigenvalue weighted by molar-refractivity contribution is -0.384. The van der Waals surface area contributed by atoms with E-state index in [-0.39, 0.29) is 34.8 Å². The maximum absolute atomic E-state index is 13.3. The summed E-state index contributed by atoms with van der Waals surface area (Å²) < 4.78 is 1.20. The van der Waals surface area contributed by atoms with Crippen molar-refractivity contribution in [1.29, 1.82) is 0 Å². The molecule has 0 unspecified atom stereocenters. The summed E-state index contributed by atoms with van der Waals surface area (Å²) >= 11 is 6.67. The minimum absolute atomic E-state index is 0.143. The van der Waals surface area contributed by atoms with Crippen molar-refractivity contribution in [3.05, 3.63) is 60.8 Å². The summed E-state index contributed by atoms with van der Waals surface area (Å²) in [5.74, 6) is -0.356. The van der Waals surface area contributed by atoms with E-state index in [2.05, 4.69) is 42.2 Å². The van der Waals surface area contributed by atoms with Gasteiger partial charge in [0.15, 0.2) is 0 Å². The first-order valence-electron chi connectivity index (χ1n) is 11.3. The van der Waals surface area contributed by atoms with Gasteiger partial charge in [-0.1, -0.05) is 15.9 Å². The van der Waals surface area contributed by atoms with Crippen LogP contribution in [0.2, 0.25) is 0 Å². The number of benzene rings is 1. The number of likely N-dealkylation sites (tertiary alicyclic amines) is 2. The van der Waals surface area contributed by atoms with E-state index in [0.29, 0.717) is 36.2 Å². The molecule has 1 atom stereocenters. The van der Waals surface area contributed by atoms with E-state index >= 15 is 0 Å². The molecule has 3 heterocycles. The lowest BCUT2D eigenvalue weighted by atomic mass is 10.0. The lowest BCUT2D eigenvalue weighted by Crippen LogP contribution is -2.45. The SMILES string of the molecule is O=C(c1cncc(Br)c1)N1CCC[C@@H](Nc2c(C(=O)N3CCCCC3)cc(Br)cc2[N+](=O)[O-])C1. The maximum Gasteiger partial charge on any atom is 0.294 e. The number of nitro benzene ring substituents is 1. The minimum atomic E-state index is -0.473. The van der Waals surface area contributed by atoms with Gasteiger partial charge >= 0.3 is 0 Å². The van der Waals surface area contributed by atoms with Crippen LogP contribution in [0.3, 0.4) is 0 Å². The molecule has 1 aromatic carbocycles. The van der Waals surface area contributed by atoms with Crippen LogP contribution in [0.1, 0.15) is 52.8 Å². The Balaban J connectivity index is 1.60. The number of nitrogens with one attached hydrogen (secondary N) is 1. The highest BCUT2D eigenvalue weighted by atomic mass is 79.9. The van der Waals surface area contributed by atoms with Crippen LogP contribution in [0.4, 0.5) is 11.4 Å². The second-order valence-corrected chi connectivity index (χ2v) is 10.4. The average molecular weight is 595 g/mol. The van der Waals surface area contributed by atoms with Crippen molar-refractivity contribution in [2.75, 3.05) is 31.5 Å². The topological polar surface area (TPSA) is 109 Å². The second-order valence-electron chi connectivity index (χ2n) is 8.58. The van der Waals surface area contributed by atoms with E-state index < -0.39 is 4.92 Å². The summed E-state index contributed by atoms with van der Waals surface area (Å²) in [6.07, 6.45) is 7.54. The minimum Gasteiger partial charge on any atom is -0.374 e. The fourth-order valence-electron chi connectivity index (χ4n) is 4.52. The van der Waals surface area contributed by atoms with Crippen LogP contribution >= 0.6 is 31.9 Å². The Bertz CT molecular complexity index is 1110. The van der Waals surface area contributed by atoms with Gasteiger partial charge in [-0.2, -0.15) is 0 Å². The van der Waals surface area contributed by atoms with E-state index in [0.717, 1.165) is 36.6 Å². The number of nitro groups is 1. The number of carbonyl (C=O) groups is 2. The summed E-state index contributed by atoms with van der Waals surface area (Å²) in [4.78, 5) is 45.3. The fraction of sp³-hybridized carbons (Fsp3) is 0.435. The van der Waals surface area contributed by atoms with Crippen molar-refractivity contribution < 1.29 is 14.5 Å². The maximum atomic E-state index is 13.3. The van der Waals surface area contributed by atoms with Gasteiger partial charge in [0.05, 0.1) is 16.1 Å². The van der Waals surface area contributed by atoms with Gasteiger partial charge in [-0.05, 0) is 60.2 Å². The molecule has 9 nitrogen and oxygen atoms in total. The number of aromatic nitrogens is 1. The van der Waals surface area contributed by atoms with Gasteiger partial charge < -0.3 is 15.1 Å². The van der Waals surface area contributed by atoms with Crippen molar-refractivity contribution in [2.45, 2.75) is 38.1 Å². The number of piperidine rings is 2. The van der Waals surface area contributed by atoms with E-state index in [1.165, 1.54) is 12.3 Å². The third-order valence-electron chi connectivity index (χ3n) is 6.16. The highest BCUT2D eigenvalue weighted by Gasteiger charge is 2.31. The number of halogens is 2. The second kappa shape index (κ2) is 10.8. The molecule has 0 bridgehead atoms. The Morgan fingerprint density at radius 2 is 1.71 bits per heavy atom. The van der Waals surface area contributed by atoms with Gasteiger partial charge in [0.2, 0.25) is 0 Å². The van der Waals surface area contributed by atoms with Crippen molar-refractivity contribution in [3.8, 4) is 0 Å². The van der Waals surface area contributed by atoms with Crippen molar-refractivity contribution in [1.82, 2.24) is 14.8 Å². The number of pyridine rings is 1.